The number of hydrogen-bond acceptors (Lipinski definition) is 4. The predicted molar refractivity (Wildman–Crippen MR) is 107 cm³/mol. The third-order valence-corrected chi connectivity index (χ3v) is 4.81. The number of hydrogen-bond donors (Lipinski definition) is 3. The molecule has 3 rings (SSSR count). The Hall–Kier alpha value is -3.35. The summed E-state index contributed by atoms with van der Waals surface area (Å²) >= 11 is 0. The number of carbonyl (C=O) groups is 3. The molecule has 1 heterocycles. The van der Waals surface area contributed by atoms with Gasteiger partial charge in [-0.3, -0.25) is 9.59 Å². The van der Waals surface area contributed by atoms with Crippen molar-refractivity contribution in [1.82, 2.24) is 0 Å². The standard InChI is InChI=1S/C21H23N3O4/c1-13-9-15(11-16(10-13)21(27)28)20(26)23-17-12-14(19(22)25)5-6-18(17)24-7-3-2-4-8-24/h5-6,9-12H,2-4,7-8H2,1H3,(H2,22,25)(H,23,26)(H,27,28). The highest BCUT2D eigenvalue weighted by Gasteiger charge is 2.19. The molecule has 1 saturated heterocycles. The van der Waals surface area contributed by atoms with Gasteiger partial charge in [-0.25, -0.2) is 4.79 Å². The molecule has 2 aromatic carbocycles. The number of aryl methyl sites for hydroxylation is 1. The van der Waals surface area contributed by atoms with E-state index in [2.05, 4.69) is 10.2 Å². The fourth-order valence-electron chi connectivity index (χ4n) is 3.43. The topological polar surface area (TPSA) is 113 Å². The van der Waals surface area contributed by atoms with E-state index in [1.54, 1.807) is 31.2 Å². The molecule has 0 spiro atoms. The minimum Gasteiger partial charge on any atom is -0.478 e. The number of carboxylic acids is 1. The van der Waals surface area contributed by atoms with Gasteiger partial charge in [-0.1, -0.05) is 0 Å². The zero-order valence-electron chi connectivity index (χ0n) is 15.7. The number of nitrogens with zero attached hydrogens (tertiary/aromatic N) is 1. The second-order valence-electron chi connectivity index (χ2n) is 6.99. The van der Waals surface area contributed by atoms with Crippen molar-refractivity contribution in [3.05, 3.63) is 58.7 Å². The lowest BCUT2D eigenvalue weighted by Gasteiger charge is -2.30. The van der Waals surface area contributed by atoms with Crippen LogP contribution >= 0.6 is 0 Å². The Morgan fingerprint density at radius 1 is 0.964 bits per heavy atom. The lowest BCUT2D eigenvalue weighted by Crippen LogP contribution is -2.30. The Morgan fingerprint density at radius 2 is 1.64 bits per heavy atom. The number of nitrogens with one attached hydrogen (secondary N) is 1. The van der Waals surface area contributed by atoms with Gasteiger partial charge >= 0.3 is 5.97 Å². The summed E-state index contributed by atoms with van der Waals surface area (Å²) in [6, 6.07) is 9.48. The van der Waals surface area contributed by atoms with Crippen molar-refractivity contribution in [3.8, 4) is 0 Å². The first-order valence-electron chi connectivity index (χ1n) is 9.20. The number of benzene rings is 2. The minimum absolute atomic E-state index is 0.0484. The van der Waals surface area contributed by atoms with Gasteiger partial charge in [0.05, 0.1) is 16.9 Å². The number of carboxylic acid groups (broad SMARTS) is 1. The molecule has 4 N–H and O–H groups in total. The van der Waals surface area contributed by atoms with Gasteiger partial charge in [-0.15, -0.1) is 0 Å². The summed E-state index contributed by atoms with van der Waals surface area (Å²) in [5.74, 6) is -2.11. The monoisotopic (exact) mass is 381 g/mol. The van der Waals surface area contributed by atoms with Crippen molar-refractivity contribution < 1.29 is 19.5 Å². The molecule has 0 atom stereocenters. The Morgan fingerprint density at radius 3 is 2.29 bits per heavy atom. The maximum Gasteiger partial charge on any atom is 0.335 e. The molecule has 0 aliphatic carbocycles. The summed E-state index contributed by atoms with van der Waals surface area (Å²) in [5.41, 5.74) is 7.97. The number of piperidine rings is 1. The first-order valence-corrected chi connectivity index (χ1v) is 9.20. The normalized spacial score (nSPS) is 13.8. The fraction of sp³-hybridized carbons (Fsp3) is 0.286. The highest BCUT2D eigenvalue weighted by molar-refractivity contribution is 6.08. The highest BCUT2D eigenvalue weighted by atomic mass is 16.4. The molecule has 7 nitrogen and oxygen atoms in total. The maximum atomic E-state index is 12.8. The van der Waals surface area contributed by atoms with Crippen LogP contribution in [0.5, 0.6) is 0 Å². The molecule has 2 aromatic rings. The average molecular weight is 381 g/mol. The van der Waals surface area contributed by atoms with Crippen LogP contribution < -0.4 is 16.0 Å². The number of anilines is 2. The molecule has 0 bridgehead atoms. The molecule has 2 amide bonds. The average Bonchev–Trinajstić information content (AvgIpc) is 2.68. The van der Waals surface area contributed by atoms with E-state index in [1.807, 2.05) is 0 Å². The van der Waals surface area contributed by atoms with Crippen molar-refractivity contribution in [2.75, 3.05) is 23.3 Å². The van der Waals surface area contributed by atoms with E-state index in [-0.39, 0.29) is 11.1 Å². The van der Waals surface area contributed by atoms with E-state index >= 15 is 0 Å². The van der Waals surface area contributed by atoms with Crippen LogP contribution in [0.1, 0.15) is 55.9 Å². The maximum absolute atomic E-state index is 12.8. The van der Waals surface area contributed by atoms with Crippen molar-refractivity contribution >= 4 is 29.2 Å². The van der Waals surface area contributed by atoms with Crippen LogP contribution in [0.3, 0.4) is 0 Å². The van der Waals surface area contributed by atoms with Crippen LogP contribution in [-0.4, -0.2) is 36.0 Å². The zero-order valence-corrected chi connectivity index (χ0v) is 15.7. The number of aromatic carboxylic acids is 1. The zero-order chi connectivity index (χ0) is 20.3. The summed E-state index contributed by atoms with van der Waals surface area (Å²) in [5, 5.41) is 12.1. The van der Waals surface area contributed by atoms with Crippen LogP contribution in [0.25, 0.3) is 0 Å². The summed E-state index contributed by atoms with van der Waals surface area (Å²) in [6.45, 7) is 3.47. The van der Waals surface area contributed by atoms with E-state index in [9.17, 15) is 19.5 Å². The van der Waals surface area contributed by atoms with Crippen LogP contribution in [0, 0.1) is 6.92 Å². The van der Waals surface area contributed by atoms with E-state index in [0.29, 0.717) is 16.8 Å². The molecular formula is C21H23N3O4. The smallest absolute Gasteiger partial charge is 0.335 e. The van der Waals surface area contributed by atoms with E-state index < -0.39 is 17.8 Å². The first kappa shape index (κ1) is 19.4. The van der Waals surface area contributed by atoms with Crippen LogP contribution in [0.4, 0.5) is 11.4 Å². The molecule has 0 saturated carbocycles. The Kier molecular flexibility index (Phi) is 5.63. The van der Waals surface area contributed by atoms with Gasteiger partial charge in [-0.05, 0) is 68.1 Å². The number of carbonyl (C=O) groups excluding carboxylic acids is 2. The number of rotatable bonds is 5. The summed E-state index contributed by atoms with van der Waals surface area (Å²) in [6.07, 6.45) is 3.29. The largest absolute Gasteiger partial charge is 0.478 e. The van der Waals surface area contributed by atoms with Crippen molar-refractivity contribution in [3.63, 3.8) is 0 Å². The lowest BCUT2D eigenvalue weighted by atomic mass is 10.0. The Balaban J connectivity index is 1.95. The van der Waals surface area contributed by atoms with Crippen LogP contribution in [0.15, 0.2) is 36.4 Å². The second kappa shape index (κ2) is 8.12. The Bertz CT molecular complexity index is 933. The molecule has 0 unspecified atom stereocenters. The minimum atomic E-state index is -1.09. The third-order valence-electron chi connectivity index (χ3n) is 4.81. The lowest BCUT2D eigenvalue weighted by molar-refractivity contribution is 0.0696. The van der Waals surface area contributed by atoms with Gasteiger partial charge in [-0.2, -0.15) is 0 Å². The second-order valence-corrected chi connectivity index (χ2v) is 6.99. The summed E-state index contributed by atoms with van der Waals surface area (Å²) in [7, 11) is 0. The molecule has 146 valence electrons. The predicted octanol–water partition coefficient (Wildman–Crippen LogP) is 3.03. The highest BCUT2D eigenvalue weighted by Crippen LogP contribution is 2.30. The molecule has 1 fully saturated rings. The number of primary amides is 1. The van der Waals surface area contributed by atoms with Gasteiger partial charge in [0.25, 0.3) is 5.91 Å². The van der Waals surface area contributed by atoms with Gasteiger partial charge < -0.3 is 21.1 Å². The van der Waals surface area contributed by atoms with Gasteiger partial charge in [0.15, 0.2) is 0 Å². The molecule has 1 aliphatic rings. The molecule has 0 radical (unpaired) electrons. The van der Waals surface area contributed by atoms with Crippen molar-refractivity contribution in [2.24, 2.45) is 5.73 Å². The van der Waals surface area contributed by atoms with Gasteiger partial charge in [0.1, 0.15) is 0 Å². The fourth-order valence-corrected chi connectivity index (χ4v) is 3.43. The van der Waals surface area contributed by atoms with Crippen LogP contribution in [0.2, 0.25) is 0 Å². The Labute approximate surface area is 163 Å². The van der Waals surface area contributed by atoms with E-state index in [4.69, 9.17) is 5.73 Å². The molecule has 0 aromatic heterocycles. The first-order chi connectivity index (χ1) is 13.3. The quantitative estimate of drug-likeness (QED) is 0.737. The van der Waals surface area contributed by atoms with Crippen LogP contribution in [-0.2, 0) is 0 Å². The van der Waals surface area contributed by atoms with Crippen molar-refractivity contribution in [1.29, 1.82) is 0 Å². The molecule has 28 heavy (non-hydrogen) atoms. The van der Waals surface area contributed by atoms with Gasteiger partial charge in [0, 0.05) is 24.2 Å². The number of amides is 2. The summed E-state index contributed by atoms with van der Waals surface area (Å²) in [4.78, 5) is 37.9. The third kappa shape index (κ3) is 4.31. The van der Waals surface area contributed by atoms with E-state index in [1.165, 1.54) is 18.6 Å². The molecule has 7 heteroatoms. The molecular weight excluding hydrogens is 358 g/mol. The summed E-state index contributed by atoms with van der Waals surface area (Å²) < 4.78 is 0. The number of nitrogens with two attached hydrogens (primary N) is 1. The molecule has 1 aliphatic heterocycles. The van der Waals surface area contributed by atoms with Gasteiger partial charge in [0.2, 0.25) is 5.91 Å². The van der Waals surface area contributed by atoms with Crippen molar-refractivity contribution in [2.45, 2.75) is 26.2 Å². The van der Waals surface area contributed by atoms with E-state index in [0.717, 1.165) is 31.6 Å². The SMILES string of the molecule is Cc1cc(C(=O)O)cc(C(=O)Nc2cc(C(N)=O)ccc2N2CCCCC2)c1.